The first-order valence-corrected chi connectivity index (χ1v) is 10.1. The summed E-state index contributed by atoms with van der Waals surface area (Å²) in [4.78, 5) is 19.9. The van der Waals surface area contributed by atoms with E-state index in [2.05, 4.69) is 75.4 Å². The Bertz CT molecular complexity index is 718. The van der Waals surface area contributed by atoms with Crippen molar-refractivity contribution in [3.63, 3.8) is 0 Å². The van der Waals surface area contributed by atoms with Crippen LogP contribution in [0.1, 0.15) is 18.4 Å². The molecule has 4 nitrogen and oxygen atoms in total. The summed E-state index contributed by atoms with van der Waals surface area (Å²) in [6.07, 6.45) is 1.94. The predicted molar refractivity (Wildman–Crippen MR) is 110 cm³/mol. The number of piperidine rings is 1. The minimum absolute atomic E-state index is 0.200. The summed E-state index contributed by atoms with van der Waals surface area (Å²) in [5, 5.41) is 0. The molecule has 2 heterocycles. The Morgan fingerprint density at radius 1 is 0.778 bits per heavy atom. The zero-order valence-electron chi connectivity index (χ0n) is 16.0. The number of hydrogen-bond acceptors (Lipinski definition) is 3. The molecule has 0 N–H and O–H groups in total. The second kappa shape index (κ2) is 8.57. The van der Waals surface area contributed by atoms with Crippen LogP contribution in [-0.4, -0.2) is 55.0 Å². The number of para-hydroxylation sites is 1. The van der Waals surface area contributed by atoms with E-state index in [-0.39, 0.29) is 5.92 Å². The number of anilines is 1. The van der Waals surface area contributed by atoms with Gasteiger partial charge < -0.3 is 9.80 Å². The molecule has 0 radical (unpaired) electrons. The lowest BCUT2D eigenvalue weighted by Gasteiger charge is -2.39. The van der Waals surface area contributed by atoms with Crippen molar-refractivity contribution in [1.82, 2.24) is 9.80 Å². The highest BCUT2D eigenvalue weighted by Gasteiger charge is 2.30. The van der Waals surface area contributed by atoms with E-state index in [1.54, 1.807) is 0 Å². The minimum atomic E-state index is 0.200. The smallest absolute Gasteiger partial charge is 0.225 e. The summed E-state index contributed by atoms with van der Waals surface area (Å²) in [6, 6.07) is 21.1. The highest BCUT2D eigenvalue weighted by Crippen LogP contribution is 2.25. The largest absolute Gasteiger partial charge is 0.371 e. The van der Waals surface area contributed by atoms with Gasteiger partial charge in [0.05, 0.1) is 0 Å². The van der Waals surface area contributed by atoms with Crippen LogP contribution >= 0.6 is 0 Å². The second-order valence-corrected chi connectivity index (χ2v) is 7.68. The molecule has 4 heteroatoms. The number of rotatable bonds is 4. The van der Waals surface area contributed by atoms with Crippen LogP contribution in [-0.2, 0) is 11.3 Å². The first-order valence-electron chi connectivity index (χ1n) is 10.1. The van der Waals surface area contributed by atoms with Crippen molar-refractivity contribution >= 4 is 11.6 Å². The maximum absolute atomic E-state index is 13.0. The van der Waals surface area contributed by atoms with Crippen molar-refractivity contribution in [3.05, 3.63) is 66.2 Å². The van der Waals surface area contributed by atoms with Gasteiger partial charge in [0.2, 0.25) is 5.91 Å². The van der Waals surface area contributed by atoms with E-state index in [4.69, 9.17) is 0 Å². The van der Waals surface area contributed by atoms with E-state index >= 15 is 0 Å². The maximum Gasteiger partial charge on any atom is 0.225 e. The van der Waals surface area contributed by atoms with Gasteiger partial charge in [0.25, 0.3) is 0 Å². The molecule has 1 amide bonds. The predicted octanol–water partition coefficient (Wildman–Crippen LogP) is 3.25. The topological polar surface area (TPSA) is 26.8 Å². The Labute approximate surface area is 162 Å². The highest BCUT2D eigenvalue weighted by molar-refractivity contribution is 5.79. The minimum Gasteiger partial charge on any atom is -0.371 e. The molecule has 142 valence electrons. The molecule has 2 aliphatic heterocycles. The highest BCUT2D eigenvalue weighted by atomic mass is 16.2. The van der Waals surface area contributed by atoms with Crippen LogP contribution in [0, 0.1) is 5.92 Å². The lowest BCUT2D eigenvalue weighted by molar-refractivity contribution is -0.138. The molecule has 0 unspecified atom stereocenters. The van der Waals surface area contributed by atoms with Gasteiger partial charge in [-0.3, -0.25) is 9.69 Å². The van der Waals surface area contributed by atoms with Crippen LogP contribution in [0.2, 0.25) is 0 Å². The van der Waals surface area contributed by atoms with E-state index in [9.17, 15) is 4.79 Å². The van der Waals surface area contributed by atoms with E-state index < -0.39 is 0 Å². The van der Waals surface area contributed by atoms with Gasteiger partial charge in [-0.05, 0) is 30.5 Å². The lowest BCUT2D eigenvalue weighted by Crippen LogP contribution is -2.51. The number of benzene rings is 2. The standard InChI is InChI=1S/C23H29N3O/c27-23(21-11-13-25(14-12-21)22-9-5-2-6-10-22)26-17-15-24(16-18-26)19-20-7-3-1-4-8-20/h1-10,21H,11-19H2. The lowest BCUT2D eigenvalue weighted by atomic mass is 9.94. The average molecular weight is 364 g/mol. The third-order valence-corrected chi connectivity index (χ3v) is 5.90. The van der Waals surface area contributed by atoms with Crippen molar-refractivity contribution in [2.75, 3.05) is 44.2 Å². The number of carbonyl (C=O) groups excluding carboxylic acids is 1. The van der Waals surface area contributed by atoms with Gasteiger partial charge in [0.15, 0.2) is 0 Å². The van der Waals surface area contributed by atoms with Gasteiger partial charge in [-0.25, -0.2) is 0 Å². The Hall–Kier alpha value is -2.33. The zero-order chi connectivity index (χ0) is 18.5. The van der Waals surface area contributed by atoms with Gasteiger partial charge in [0, 0.05) is 57.4 Å². The zero-order valence-corrected chi connectivity index (χ0v) is 16.0. The molecule has 2 fully saturated rings. The Morgan fingerprint density at radius 2 is 1.37 bits per heavy atom. The summed E-state index contributed by atoms with van der Waals surface area (Å²) in [5.41, 5.74) is 2.63. The van der Waals surface area contributed by atoms with Gasteiger partial charge in [0.1, 0.15) is 0 Å². The van der Waals surface area contributed by atoms with Crippen LogP contribution in [0.3, 0.4) is 0 Å². The monoisotopic (exact) mass is 363 g/mol. The number of hydrogen-bond donors (Lipinski definition) is 0. The van der Waals surface area contributed by atoms with E-state index in [1.807, 2.05) is 0 Å². The van der Waals surface area contributed by atoms with Crippen molar-refractivity contribution < 1.29 is 4.79 Å². The van der Waals surface area contributed by atoms with Crippen LogP contribution in [0.4, 0.5) is 5.69 Å². The normalized spacial score (nSPS) is 19.3. The maximum atomic E-state index is 13.0. The van der Waals surface area contributed by atoms with Gasteiger partial charge in [-0.15, -0.1) is 0 Å². The Kier molecular flexibility index (Phi) is 5.73. The number of carbonyl (C=O) groups is 1. The average Bonchev–Trinajstić information content (AvgIpc) is 2.75. The number of nitrogens with zero attached hydrogens (tertiary/aromatic N) is 3. The fourth-order valence-electron chi connectivity index (χ4n) is 4.25. The number of amides is 1. The van der Waals surface area contributed by atoms with E-state index in [0.717, 1.165) is 58.7 Å². The third kappa shape index (κ3) is 4.51. The molecule has 2 aromatic rings. The summed E-state index contributed by atoms with van der Waals surface area (Å²) >= 11 is 0. The molecule has 2 saturated heterocycles. The van der Waals surface area contributed by atoms with Crippen molar-refractivity contribution in [2.45, 2.75) is 19.4 Å². The summed E-state index contributed by atoms with van der Waals surface area (Å²) in [6.45, 7) is 6.63. The summed E-state index contributed by atoms with van der Waals surface area (Å²) < 4.78 is 0. The van der Waals surface area contributed by atoms with Crippen LogP contribution < -0.4 is 4.90 Å². The molecule has 0 spiro atoms. The molecule has 4 rings (SSSR count). The molecule has 0 aliphatic carbocycles. The molecule has 27 heavy (non-hydrogen) atoms. The van der Waals surface area contributed by atoms with Crippen LogP contribution in [0.15, 0.2) is 60.7 Å². The molecule has 0 saturated carbocycles. The van der Waals surface area contributed by atoms with Crippen LogP contribution in [0.25, 0.3) is 0 Å². The fraction of sp³-hybridized carbons (Fsp3) is 0.435. The molecular formula is C23H29N3O. The quantitative estimate of drug-likeness (QED) is 0.834. The summed E-state index contributed by atoms with van der Waals surface area (Å²) in [5.74, 6) is 0.577. The van der Waals surface area contributed by atoms with Gasteiger partial charge >= 0.3 is 0 Å². The molecule has 0 atom stereocenters. The third-order valence-electron chi connectivity index (χ3n) is 5.90. The molecule has 2 aliphatic rings. The van der Waals surface area contributed by atoms with Gasteiger partial charge in [-0.2, -0.15) is 0 Å². The van der Waals surface area contributed by atoms with E-state index in [0.29, 0.717) is 5.91 Å². The molecule has 2 aromatic carbocycles. The Morgan fingerprint density at radius 3 is 2.00 bits per heavy atom. The number of piperazine rings is 1. The first-order chi connectivity index (χ1) is 13.3. The van der Waals surface area contributed by atoms with Crippen molar-refractivity contribution in [2.24, 2.45) is 5.92 Å². The molecule has 0 bridgehead atoms. The first kappa shape index (κ1) is 18.1. The van der Waals surface area contributed by atoms with E-state index in [1.165, 1.54) is 11.3 Å². The van der Waals surface area contributed by atoms with Crippen molar-refractivity contribution in [1.29, 1.82) is 0 Å². The SMILES string of the molecule is O=C(C1CCN(c2ccccc2)CC1)N1CCN(Cc2ccccc2)CC1. The molecule has 0 aromatic heterocycles. The fourth-order valence-corrected chi connectivity index (χ4v) is 4.25. The molecular weight excluding hydrogens is 334 g/mol. The Balaban J connectivity index is 1.24. The van der Waals surface area contributed by atoms with Crippen molar-refractivity contribution in [3.8, 4) is 0 Å². The van der Waals surface area contributed by atoms with Crippen LogP contribution in [0.5, 0.6) is 0 Å². The summed E-state index contributed by atoms with van der Waals surface area (Å²) in [7, 11) is 0. The van der Waals surface area contributed by atoms with Gasteiger partial charge in [-0.1, -0.05) is 48.5 Å². The second-order valence-electron chi connectivity index (χ2n) is 7.68.